The van der Waals surface area contributed by atoms with Gasteiger partial charge in [-0.2, -0.15) is 4.98 Å². The Hall–Kier alpha value is -3.62. The summed E-state index contributed by atoms with van der Waals surface area (Å²) in [5.74, 6) is 2.91. The molecule has 0 aliphatic carbocycles. The lowest BCUT2D eigenvalue weighted by Gasteiger charge is -2.25. The highest BCUT2D eigenvalue weighted by Crippen LogP contribution is 2.31. The third-order valence-electron chi connectivity index (χ3n) is 5.73. The van der Waals surface area contributed by atoms with E-state index in [1.54, 1.807) is 17.1 Å². The fraction of sp³-hybridized carbons (Fsp3) is 0.391. The molecule has 0 bridgehead atoms. The highest BCUT2D eigenvalue weighted by molar-refractivity contribution is 5.85. The number of aromatic nitrogens is 4. The molecule has 2 aliphatic rings. The van der Waals surface area contributed by atoms with E-state index in [9.17, 15) is 4.79 Å². The summed E-state index contributed by atoms with van der Waals surface area (Å²) in [6, 6.07) is 7.63. The van der Waals surface area contributed by atoms with Gasteiger partial charge in [-0.25, -0.2) is 9.97 Å². The molecule has 1 aromatic carbocycles. The van der Waals surface area contributed by atoms with Crippen LogP contribution in [0.4, 0.5) is 5.82 Å². The number of carbonyl (C=O) groups is 1. The van der Waals surface area contributed by atoms with Gasteiger partial charge in [0.05, 0.1) is 0 Å². The normalized spacial score (nSPS) is 17.4. The molecule has 4 heterocycles. The zero-order chi connectivity index (χ0) is 21.9. The van der Waals surface area contributed by atoms with Crippen molar-refractivity contribution >= 4 is 11.7 Å². The predicted octanol–water partition coefficient (Wildman–Crippen LogP) is 2.07. The van der Waals surface area contributed by atoms with Crippen LogP contribution in [0, 0.1) is 6.92 Å². The molecule has 1 N–H and O–H groups in total. The number of nitrogens with zero attached hydrogens (tertiary/aromatic N) is 5. The van der Waals surface area contributed by atoms with E-state index in [-0.39, 0.29) is 11.9 Å². The maximum absolute atomic E-state index is 13.0. The van der Waals surface area contributed by atoms with Gasteiger partial charge in [0.2, 0.25) is 11.9 Å². The lowest BCUT2D eigenvalue weighted by molar-refractivity contribution is -0.122. The summed E-state index contributed by atoms with van der Waals surface area (Å²) in [4.78, 5) is 28.3. The molecule has 166 valence electrons. The van der Waals surface area contributed by atoms with Crippen molar-refractivity contribution in [3.8, 4) is 17.4 Å². The SMILES string of the molecule is Cc1cc(N2CCCC2C(=O)NCCc2ccc3c(c2)OCCO3)nc(-n2ccnc2)n1. The quantitative estimate of drug-likeness (QED) is 0.635. The van der Waals surface area contributed by atoms with Crippen molar-refractivity contribution in [2.75, 3.05) is 31.2 Å². The van der Waals surface area contributed by atoms with E-state index in [1.165, 1.54) is 0 Å². The topological polar surface area (TPSA) is 94.4 Å². The first kappa shape index (κ1) is 20.3. The van der Waals surface area contributed by atoms with Crippen molar-refractivity contribution in [1.29, 1.82) is 0 Å². The van der Waals surface area contributed by atoms with Gasteiger partial charge in [0.1, 0.15) is 31.4 Å². The number of hydrogen-bond acceptors (Lipinski definition) is 7. The van der Waals surface area contributed by atoms with Gasteiger partial charge in [0, 0.05) is 37.2 Å². The Kier molecular flexibility index (Phi) is 5.62. The molecule has 1 atom stereocenters. The number of rotatable bonds is 6. The molecule has 1 unspecified atom stereocenters. The van der Waals surface area contributed by atoms with Gasteiger partial charge in [-0.3, -0.25) is 9.36 Å². The second kappa shape index (κ2) is 8.86. The smallest absolute Gasteiger partial charge is 0.242 e. The maximum atomic E-state index is 13.0. The lowest BCUT2D eigenvalue weighted by Crippen LogP contribution is -2.44. The Labute approximate surface area is 186 Å². The van der Waals surface area contributed by atoms with Gasteiger partial charge < -0.3 is 19.7 Å². The van der Waals surface area contributed by atoms with Crippen molar-refractivity contribution in [3.05, 3.63) is 54.2 Å². The monoisotopic (exact) mass is 434 g/mol. The van der Waals surface area contributed by atoms with Crippen LogP contribution in [-0.4, -0.2) is 57.8 Å². The number of aryl methyl sites for hydroxylation is 1. The number of anilines is 1. The summed E-state index contributed by atoms with van der Waals surface area (Å²) < 4.78 is 13.0. The molecule has 1 fully saturated rings. The molecule has 9 heteroatoms. The summed E-state index contributed by atoms with van der Waals surface area (Å²) in [6.07, 6.45) is 7.66. The first-order chi connectivity index (χ1) is 15.7. The molecule has 5 rings (SSSR count). The minimum absolute atomic E-state index is 0.0282. The number of amides is 1. The first-order valence-electron chi connectivity index (χ1n) is 10.9. The van der Waals surface area contributed by atoms with Gasteiger partial charge in [0.25, 0.3) is 0 Å². The minimum Gasteiger partial charge on any atom is -0.486 e. The maximum Gasteiger partial charge on any atom is 0.242 e. The van der Waals surface area contributed by atoms with E-state index in [0.717, 1.165) is 54.4 Å². The minimum atomic E-state index is -0.236. The van der Waals surface area contributed by atoms with Crippen LogP contribution in [0.5, 0.6) is 11.5 Å². The molecule has 2 aliphatic heterocycles. The standard InChI is InChI=1S/C23H26N6O3/c1-16-13-21(27-23(26-16)28-10-8-24-15-28)29-9-2-3-18(29)22(30)25-7-6-17-4-5-19-20(14-17)32-12-11-31-19/h4-5,8,10,13-15,18H,2-3,6-7,9,11-12H2,1H3,(H,25,30). The van der Waals surface area contributed by atoms with Crippen LogP contribution >= 0.6 is 0 Å². The van der Waals surface area contributed by atoms with Crippen LogP contribution in [0.3, 0.4) is 0 Å². The lowest BCUT2D eigenvalue weighted by atomic mass is 10.1. The van der Waals surface area contributed by atoms with Gasteiger partial charge in [-0.15, -0.1) is 0 Å². The van der Waals surface area contributed by atoms with Crippen molar-refractivity contribution in [1.82, 2.24) is 24.8 Å². The van der Waals surface area contributed by atoms with Crippen LogP contribution in [0.25, 0.3) is 5.95 Å². The third kappa shape index (κ3) is 4.23. The molecular weight excluding hydrogens is 408 g/mol. The number of nitrogens with one attached hydrogen (secondary N) is 1. The molecule has 32 heavy (non-hydrogen) atoms. The second-order valence-electron chi connectivity index (χ2n) is 8.01. The van der Waals surface area contributed by atoms with E-state index in [2.05, 4.69) is 20.2 Å². The summed E-state index contributed by atoms with van der Waals surface area (Å²) in [5.41, 5.74) is 1.96. The zero-order valence-corrected chi connectivity index (χ0v) is 18.0. The van der Waals surface area contributed by atoms with Crippen LogP contribution in [0.2, 0.25) is 0 Å². The summed E-state index contributed by atoms with van der Waals surface area (Å²) in [7, 11) is 0. The van der Waals surface area contributed by atoms with Crippen LogP contribution in [-0.2, 0) is 11.2 Å². The molecule has 2 aromatic heterocycles. The molecular formula is C23H26N6O3. The third-order valence-corrected chi connectivity index (χ3v) is 5.73. The zero-order valence-electron chi connectivity index (χ0n) is 18.0. The molecule has 0 radical (unpaired) electrons. The Bertz CT molecular complexity index is 1100. The van der Waals surface area contributed by atoms with Gasteiger partial charge in [-0.1, -0.05) is 6.07 Å². The summed E-state index contributed by atoms with van der Waals surface area (Å²) in [5, 5.41) is 3.10. The van der Waals surface area contributed by atoms with Crippen LogP contribution < -0.4 is 19.7 Å². The van der Waals surface area contributed by atoms with E-state index >= 15 is 0 Å². The second-order valence-corrected chi connectivity index (χ2v) is 8.01. The number of carbonyl (C=O) groups excluding carboxylic acids is 1. The van der Waals surface area contributed by atoms with E-state index in [0.29, 0.717) is 25.7 Å². The average molecular weight is 435 g/mol. The van der Waals surface area contributed by atoms with Crippen LogP contribution in [0.15, 0.2) is 43.0 Å². The van der Waals surface area contributed by atoms with Crippen LogP contribution in [0.1, 0.15) is 24.1 Å². The number of ether oxygens (including phenoxy) is 2. The van der Waals surface area contributed by atoms with Gasteiger partial charge in [-0.05, 0) is 43.9 Å². The highest BCUT2D eigenvalue weighted by atomic mass is 16.6. The van der Waals surface area contributed by atoms with E-state index < -0.39 is 0 Å². The molecule has 1 saturated heterocycles. The van der Waals surface area contributed by atoms with Crippen molar-refractivity contribution in [2.24, 2.45) is 0 Å². The Morgan fingerprint density at radius 2 is 2.06 bits per heavy atom. The van der Waals surface area contributed by atoms with Gasteiger partial charge >= 0.3 is 0 Å². The van der Waals surface area contributed by atoms with Crippen molar-refractivity contribution < 1.29 is 14.3 Å². The average Bonchev–Trinajstić information content (AvgIpc) is 3.51. The number of benzene rings is 1. The molecule has 9 nitrogen and oxygen atoms in total. The number of imidazole rings is 1. The molecule has 0 spiro atoms. The van der Waals surface area contributed by atoms with Gasteiger partial charge in [0.15, 0.2) is 11.5 Å². The summed E-state index contributed by atoms with van der Waals surface area (Å²) in [6.45, 7) is 4.43. The van der Waals surface area contributed by atoms with E-state index in [4.69, 9.17) is 14.5 Å². The Balaban J connectivity index is 1.23. The molecule has 3 aromatic rings. The van der Waals surface area contributed by atoms with Crippen molar-refractivity contribution in [3.63, 3.8) is 0 Å². The highest BCUT2D eigenvalue weighted by Gasteiger charge is 2.32. The fourth-order valence-electron chi connectivity index (χ4n) is 4.18. The molecule has 1 amide bonds. The Morgan fingerprint density at radius 3 is 2.91 bits per heavy atom. The number of fused-ring (bicyclic) bond motifs is 1. The summed E-state index contributed by atoms with van der Waals surface area (Å²) >= 11 is 0. The largest absolute Gasteiger partial charge is 0.486 e. The number of hydrogen-bond donors (Lipinski definition) is 1. The predicted molar refractivity (Wildman–Crippen MR) is 118 cm³/mol. The Morgan fingerprint density at radius 1 is 1.19 bits per heavy atom. The molecule has 0 saturated carbocycles. The van der Waals surface area contributed by atoms with Crippen molar-refractivity contribution in [2.45, 2.75) is 32.2 Å². The fourth-order valence-corrected chi connectivity index (χ4v) is 4.18. The van der Waals surface area contributed by atoms with E-state index in [1.807, 2.05) is 37.4 Å². The first-order valence-corrected chi connectivity index (χ1v) is 10.9.